The fourth-order valence-corrected chi connectivity index (χ4v) is 1.99. The number of nitrogens with one attached hydrogen (secondary N) is 1. The summed E-state index contributed by atoms with van der Waals surface area (Å²) in [5, 5.41) is 0.220. The molecule has 3 rings (SSSR count). The standard InChI is InChI=1S/C12H6F3N3O/c13-12(14,15)7-3-1-2-6-8(7)18-11(19)10-9(6)16-4-5-17-10/h1-5H,(H,18,19). The highest BCUT2D eigenvalue weighted by Crippen LogP contribution is 2.34. The van der Waals surface area contributed by atoms with Crippen molar-refractivity contribution in [3.05, 3.63) is 46.5 Å². The number of fused-ring (bicyclic) bond motifs is 3. The maximum absolute atomic E-state index is 12.9. The van der Waals surface area contributed by atoms with E-state index in [2.05, 4.69) is 15.0 Å². The largest absolute Gasteiger partial charge is 0.418 e. The molecule has 2 heterocycles. The van der Waals surface area contributed by atoms with Gasteiger partial charge < -0.3 is 4.98 Å². The first-order valence-electron chi connectivity index (χ1n) is 5.31. The van der Waals surface area contributed by atoms with Crippen LogP contribution in [0.25, 0.3) is 21.9 Å². The lowest BCUT2D eigenvalue weighted by molar-refractivity contribution is -0.136. The first kappa shape index (κ1) is 11.6. The Balaban J connectivity index is 2.57. The molecule has 0 aliphatic carbocycles. The van der Waals surface area contributed by atoms with Crippen LogP contribution in [-0.2, 0) is 6.18 Å². The summed E-state index contributed by atoms with van der Waals surface area (Å²) in [5.41, 5.74) is -1.67. The van der Waals surface area contributed by atoms with Gasteiger partial charge in [0.1, 0.15) is 5.52 Å². The topological polar surface area (TPSA) is 58.6 Å². The van der Waals surface area contributed by atoms with Crippen LogP contribution in [-0.4, -0.2) is 15.0 Å². The highest BCUT2D eigenvalue weighted by molar-refractivity contribution is 6.02. The van der Waals surface area contributed by atoms with E-state index in [1.165, 1.54) is 24.5 Å². The number of hydrogen-bond acceptors (Lipinski definition) is 3. The Labute approximate surface area is 103 Å². The molecule has 0 fully saturated rings. The zero-order valence-corrected chi connectivity index (χ0v) is 9.32. The van der Waals surface area contributed by atoms with Crippen molar-refractivity contribution in [1.82, 2.24) is 15.0 Å². The van der Waals surface area contributed by atoms with Gasteiger partial charge in [-0.1, -0.05) is 12.1 Å². The second kappa shape index (κ2) is 3.78. The molecule has 0 spiro atoms. The van der Waals surface area contributed by atoms with Gasteiger partial charge in [-0.2, -0.15) is 13.2 Å². The van der Waals surface area contributed by atoms with Gasteiger partial charge in [-0.3, -0.25) is 9.78 Å². The van der Waals surface area contributed by atoms with Crippen LogP contribution in [0, 0.1) is 0 Å². The van der Waals surface area contributed by atoms with Gasteiger partial charge in [-0.15, -0.1) is 0 Å². The van der Waals surface area contributed by atoms with Gasteiger partial charge in [0, 0.05) is 17.8 Å². The molecule has 2 aromatic heterocycles. The molecule has 0 saturated carbocycles. The van der Waals surface area contributed by atoms with Gasteiger partial charge in [0.05, 0.1) is 11.1 Å². The number of alkyl halides is 3. The second-order valence-corrected chi connectivity index (χ2v) is 3.93. The second-order valence-electron chi connectivity index (χ2n) is 3.93. The summed E-state index contributed by atoms with van der Waals surface area (Å²) < 4.78 is 38.7. The summed E-state index contributed by atoms with van der Waals surface area (Å²) in [6.45, 7) is 0. The van der Waals surface area contributed by atoms with Crippen LogP contribution in [0.2, 0.25) is 0 Å². The SMILES string of the molecule is O=c1[nH]c2c(C(F)(F)F)cccc2c2nccnc12. The molecule has 4 nitrogen and oxygen atoms in total. The fraction of sp³-hybridized carbons (Fsp3) is 0.0833. The lowest BCUT2D eigenvalue weighted by Gasteiger charge is -2.10. The van der Waals surface area contributed by atoms with E-state index >= 15 is 0 Å². The summed E-state index contributed by atoms with van der Waals surface area (Å²) in [5.74, 6) is 0. The van der Waals surface area contributed by atoms with Crippen molar-refractivity contribution < 1.29 is 13.2 Å². The van der Waals surface area contributed by atoms with E-state index in [0.29, 0.717) is 0 Å². The molecule has 0 radical (unpaired) electrons. The Hall–Kier alpha value is -2.44. The van der Waals surface area contributed by atoms with Crippen LogP contribution >= 0.6 is 0 Å². The van der Waals surface area contributed by atoms with E-state index in [9.17, 15) is 18.0 Å². The van der Waals surface area contributed by atoms with Crippen LogP contribution in [0.15, 0.2) is 35.4 Å². The van der Waals surface area contributed by atoms with Crippen LogP contribution in [0.1, 0.15) is 5.56 Å². The molecule has 0 saturated heterocycles. The zero-order chi connectivity index (χ0) is 13.6. The average molecular weight is 265 g/mol. The number of benzene rings is 1. The molecule has 0 atom stereocenters. The van der Waals surface area contributed by atoms with Crippen molar-refractivity contribution in [2.24, 2.45) is 0 Å². The quantitative estimate of drug-likeness (QED) is 0.635. The normalized spacial score (nSPS) is 12.2. The van der Waals surface area contributed by atoms with Gasteiger partial charge in [0.2, 0.25) is 0 Å². The van der Waals surface area contributed by atoms with Crippen molar-refractivity contribution in [3.8, 4) is 0 Å². The lowest BCUT2D eigenvalue weighted by Crippen LogP contribution is -2.13. The maximum Gasteiger partial charge on any atom is 0.418 e. The molecule has 0 amide bonds. The minimum atomic E-state index is -4.54. The van der Waals surface area contributed by atoms with Crippen molar-refractivity contribution >= 4 is 21.9 Å². The van der Waals surface area contributed by atoms with E-state index in [1.54, 1.807) is 0 Å². The Morgan fingerprint density at radius 3 is 2.42 bits per heavy atom. The summed E-state index contributed by atoms with van der Waals surface area (Å²) in [6.07, 6.45) is -1.89. The third kappa shape index (κ3) is 1.74. The van der Waals surface area contributed by atoms with Crippen LogP contribution in [0.4, 0.5) is 13.2 Å². The molecule has 0 aliphatic rings. The van der Waals surface area contributed by atoms with Crippen molar-refractivity contribution in [3.63, 3.8) is 0 Å². The van der Waals surface area contributed by atoms with Crippen LogP contribution in [0.3, 0.4) is 0 Å². The summed E-state index contributed by atoms with van der Waals surface area (Å²) in [6, 6.07) is 3.66. The van der Waals surface area contributed by atoms with Crippen molar-refractivity contribution in [2.75, 3.05) is 0 Å². The number of aromatic amines is 1. The molecule has 7 heteroatoms. The minimum Gasteiger partial charge on any atom is -0.319 e. The Morgan fingerprint density at radius 2 is 1.74 bits per heavy atom. The number of hydrogen-bond donors (Lipinski definition) is 1. The lowest BCUT2D eigenvalue weighted by atomic mass is 10.1. The maximum atomic E-state index is 12.9. The third-order valence-electron chi connectivity index (χ3n) is 2.78. The van der Waals surface area contributed by atoms with Gasteiger partial charge in [0.25, 0.3) is 5.56 Å². The summed E-state index contributed by atoms with van der Waals surface area (Å²) in [4.78, 5) is 21.8. The van der Waals surface area contributed by atoms with Gasteiger partial charge >= 0.3 is 6.18 Å². The van der Waals surface area contributed by atoms with E-state index in [-0.39, 0.29) is 21.9 Å². The Kier molecular flexibility index (Phi) is 2.31. The zero-order valence-electron chi connectivity index (χ0n) is 9.32. The van der Waals surface area contributed by atoms with Crippen molar-refractivity contribution in [2.45, 2.75) is 6.18 Å². The van der Waals surface area contributed by atoms with Crippen molar-refractivity contribution in [1.29, 1.82) is 0 Å². The Morgan fingerprint density at radius 1 is 1.05 bits per heavy atom. The third-order valence-corrected chi connectivity index (χ3v) is 2.78. The fourth-order valence-electron chi connectivity index (χ4n) is 1.99. The molecule has 0 aliphatic heterocycles. The van der Waals surface area contributed by atoms with E-state index < -0.39 is 17.3 Å². The van der Waals surface area contributed by atoms with Gasteiger partial charge in [0.15, 0.2) is 5.52 Å². The first-order valence-corrected chi connectivity index (χ1v) is 5.31. The highest BCUT2D eigenvalue weighted by atomic mass is 19.4. The number of rotatable bonds is 0. The number of halogens is 3. The Bertz CT molecular complexity index is 839. The number of pyridine rings is 1. The number of aromatic nitrogens is 3. The molecule has 1 N–H and O–H groups in total. The van der Waals surface area contributed by atoms with E-state index in [1.807, 2.05) is 0 Å². The molecule has 3 aromatic rings. The monoisotopic (exact) mass is 265 g/mol. The molecular weight excluding hydrogens is 259 g/mol. The number of nitrogens with zero attached hydrogens (tertiary/aromatic N) is 2. The van der Waals surface area contributed by atoms with Crippen LogP contribution < -0.4 is 5.56 Å². The smallest absolute Gasteiger partial charge is 0.319 e. The molecule has 96 valence electrons. The predicted octanol–water partition coefficient (Wildman–Crippen LogP) is 2.49. The average Bonchev–Trinajstić information content (AvgIpc) is 2.37. The van der Waals surface area contributed by atoms with Gasteiger partial charge in [-0.25, -0.2) is 4.98 Å². The molecular formula is C12H6F3N3O. The van der Waals surface area contributed by atoms with Gasteiger partial charge in [-0.05, 0) is 6.07 Å². The summed E-state index contributed by atoms with van der Waals surface area (Å²) in [7, 11) is 0. The molecule has 0 unspecified atom stereocenters. The number of H-pyrrole nitrogens is 1. The molecule has 1 aromatic carbocycles. The van der Waals surface area contributed by atoms with Crippen LogP contribution in [0.5, 0.6) is 0 Å². The summed E-state index contributed by atoms with van der Waals surface area (Å²) >= 11 is 0. The first-order chi connectivity index (χ1) is 8.98. The molecule has 0 bridgehead atoms. The number of para-hydroxylation sites is 1. The van der Waals surface area contributed by atoms with E-state index in [0.717, 1.165) is 6.07 Å². The highest BCUT2D eigenvalue weighted by Gasteiger charge is 2.33. The van der Waals surface area contributed by atoms with E-state index in [4.69, 9.17) is 0 Å². The predicted molar refractivity (Wildman–Crippen MR) is 62.7 cm³/mol. The minimum absolute atomic E-state index is 0.0225. The molecule has 19 heavy (non-hydrogen) atoms.